The first-order valence-electron chi connectivity index (χ1n) is 4.15. The van der Waals surface area contributed by atoms with Crippen molar-refractivity contribution in [2.75, 3.05) is 13.7 Å². The topological polar surface area (TPSA) is 52.6 Å². The quantitative estimate of drug-likeness (QED) is 0.603. The minimum Gasteiger partial charge on any atom is -0.424 e. The van der Waals surface area contributed by atoms with Gasteiger partial charge in [0.25, 0.3) is 0 Å². The number of rotatable bonds is 4. The molecule has 0 aliphatic rings. The normalized spacial score (nSPS) is 10.2. The van der Waals surface area contributed by atoms with Gasteiger partial charge in [-0.15, -0.1) is 11.3 Å². The molecule has 88 valence electrons. The van der Waals surface area contributed by atoms with E-state index in [4.69, 9.17) is 9.47 Å². The van der Waals surface area contributed by atoms with Gasteiger partial charge >= 0.3 is 5.97 Å². The smallest absolute Gasteiger partial charge is 0.308 e. The lowest BCUT2D eigenvalue weighted by molar-refractivity contribution is -0.131. The first-order valence-corrected chi connectivity index (χ1v) is 6.56. The third kappa shape index (κ3) is 3.13. The van der Waals surface area contributed by atoms with Crippen molar-refractivity contribution in [1.82, 2.24) is 0 Å². The fourth-order valence-corrected chi connectivity index (χ4v) is 3.07. The number of ether oxygens (including phenoxy) is 2. The summed E-state index contributed by atoms with van der Waals surface area (Å²) in [5, 5.41) is 0. The lowest BCUT2D eigenvalue weighted by atomic mass is 10.3. The van der Waals surface area contributed by atoms with Crippen molar-refractivity contribution in [3.05, 3.63) is 13.1 Å². The Morgan fingerprint density at radius 2 is 2.00 bits per heavy atom. The van der Waals surface area contributed by atoms with Gasteiger partial charge in [-0.2, -0.15) is 0 Å². The summed E-state index contributed by atoms with van der Waals surface area (Å²) in [6, 6.07) is 0. The maximum absolute atomic E-state index is 11.7. The highest BCUT2D eigenvalue weighted by molar-refractivity contribution is 9.13. The molecule has 0 bridgehead atoms. The van der Waals surface area contributed by atoms with Gasteiger partial charge in [0.2, 0.25) is 5.78 Å². The molecule has 4 nitrogen and oxygen atoms in total. The van der Waals surface area contributed by atoms with Crippen LogP contribution < -0.4 is 4.74 Å². The molecule has 0 aliphatic carbocycles. The van der Waals surface area contributed by atoms with Gasteiger partial charge in [0.1, 0.15) is 11.5 Å². The molecule has 1 rings (SSSR count). The molecule has 7 heteroatoms. The number of carbonyl (C=O) groups is 2. The summed E-state index contributed by atoms with van der Waals surface area (Å²) in [5.74, 6) is -0.459. The monoisotopic (exact) mass is 370 g/mol. The number of hydrogen-bond acceptors (Lipinski definition) is 5. The van der Waals surface area contributed by atoms with E-state index in [-0.39, 0.29) is 18.1 Å². The Morgan fingerprint density at radius 3 is 2.50 bits per heavy atom. The van der Waals surface area contributed by atoms with E-state index in [1.54, 1.807) is 0 Å². The van der Waals surface area contributed by atoms with E-state index in [1.807, 2.05) is 0 Å². The van der Waals surface area contributed by atoms with Gasteiger partial charge in [0, 0.05) is 14.0 Å². The van der Waals surface area contributed by atoms with Gasteiger partial charge < -0.3 is 9.47 Å². The fraction of sp³-hybridized carbons (Fsp3) is 0.333. The summed E-state index contributed by atoms with van der Waals surface area (Å²) in [4.78, 5) is 22.9. The first-order chi connectivity index (χ1) is 7.47. The third-order valence-corrected chi connectivity index (χ3v) is 4.98. The van der Waals surface area contributed by atoms with E-state index in [2.05, 4.69) is 31.9 Å². The number of Topliss-reactive ketones (excluding diaryl/α,β-unsaturated/α-hetero) is 1. The second-order valence-electron chi connectivity index (χ2n) is 2.80. The molecule has 0 atom stereocenters. The molecule has 1 heterocycles. The van der Waals surface area contributed by atoms with Gasteiger partial charge in [0.15, 0.2) is 5.75 Å². The van der Waals surface area contributed by atoms with Crippen LogP contribution in [0, 0.1) is 0 Å². The Kier molecular flexibility index (Phi) is 5.10. The molecule has 0 radical (unpaired) electrons. The Hall–Kier alpha value is -0.240. The van der Waals surface area contributed by atoms with Gasteiger partial charge in [-0.05, 0) is 31.9 Å². The zero-order valence-corrected chi connectivity index (χ0v) is 12.5. The number of halogens is 2. The van der Waals surface area contributed by atoms with Crippen LogP contribution in [-0.2, 0) is 9.53 Å². The van der Waals surface area contributed by atoms with E-state index in [1.165, 1.54) is 25.4 Å². The molecule has 0 spiro atoms. The number of ketones is 1. The van der Waals surface area contributed by atoms with E-state index >= 15 is 0 Å². The molecule has 0 unspecified atom stereocenters. The predicted octanol–water partition coefficient (Wildman–Crippen LogP) is 3.03. The highest BCUT2D eigenvalue weighted by atomic mass is 79.9. The number of thiophene rings is 1. The lowest BCUT2D eigenvalue weighted by Gasteiger charge is -2.02. The van der Waals surface area contributed by atoms with Crippen LogP contribution in [0.2, 0.25) is 0 Å². The van der Waals surface area contributed by atoms with Gasteiger partial charge in [0.05, 0.1) is 8.26 Å². The van der Waals surface area contributed by atoms with Crippen LogP contribution >= 0.6 is 43.2 Å². The molecule has 0 aliphatic heterocycles. The Morgan fingerprint density at radius 1 is 1.38 bits per heavy atom. The van der Waals surface area contributed by atoms with Crippen LogP contribution in [-0.4, -0.2) is 25.5 Å². The zero-order valence-electron chi connectivity index (χ0n) is 8.50. The van der Waals surface area contributed by atoms with E-state index in [0.29, 0.717) is 13.1 Å². The minimum atomic E-state index is -0.475. The number of esters is 1. The van der Waals surface area contributed by atoms with Crippen molar-refractivity contribution in [1.29, 1.82) is 0 Å². The summed E-state index contributed by atoms with van der Waals surface area (Å²) in [6.07, 6.45) is 0. The van der Waals surface area contributed by atoms with Crippen LogP contribution in [0.4, 0.5) is 0 Å². The molecular weight excluding hydrogens is 364 g/mol. The van der Waals surface area contributed by atoms with Gasteiger partial charge in [-0.3, -0.25) is 9.59 Å². The highest BCUT2D eigenvalue weighted by Crippen LogP contribution is 2.43. The first kappa shape index (κ1) is 13.8. The third-order valence-electron chi connectivity index (χ3n) is 1.54. The summed E-state index contributed by atoms with van der Waals surface area (Å²) < 4.78 is 11.0. The van der Waals surface area contributed by atoms with Crippen LogP contribution in [0.1, 0.15) is 16.6 Å². The van der Waals surface area contributed by atoms with Crippen molar-refractivity contribution in [2.24, 2.45) is 0 Å². The fourth-order valence-electron chi connectivity index (χ4n) is 0.985. The lowest BCUT2D eigenvalue weighted by Crippen LogP contribution is -2.09. The summed E-state index contributed by atoms with van der Waals surface area (Å²) in [6.45, 7) is 1.23. The van der Waals surface area contributed by atoms with E-state index in [0.717, 1.165) is 0 Å². The summed E-state index contributed by atoms with van der Waals surface area (Å²) in [5.41, 5.74) is 0. The zero-order chi connectivity index (χ0) is 12.3. The minimum absolute atomic E-state index is 0.0480. The number of carbonyl (C=O) groups excluding carboxylic acids is 2. The average Bonchev–Trinajstić information content (AvgIpc) is 2.46. The van der Waals surface area contributed by atoms with Crippen molar-refractivity contribution in [3.8, 4) is 5.75 Å². The molecule has 1 aromatic heterocycles. The van der Waals surface area contributed by atoms with Crippen LogP contribution in [0.25, 0.3) is 0 Å². The van der Waals surface area contributed by atoms with Crippen LogP contribution in [0.5, 0.6) is 5.75 Å². The van der Waals surface area contributed by atoms with Crippen LogP contribution in [0.15, 0.2) is 8.26 Å². The molecule has 1 aromatic rings. The Balaban J connectivity index is 3.12. The van der Waals surface area contributed by atoms with E-state index in [9.17, 15) is 9.59 Å². The molecule has 0 N–H and O–H groups in total. The molecule has 0 saturated heterocycles. The predicted molar refractivity (Wildman–Crippen MR) is 67.2 cm³/mol. The standard InChI is InChI=1S/C9H8Br2O4S/c1-4(12)15-7-6(10)9(11)16-8(7)5(13)3-14-2/h3H2,1-2H3. The molecule has 0 amide bonds. The second kappa shape index (κ2) is 5.90. The average molecular weight is 372 g/mol. The summed E-state index contributed by atoms with van der Waals surface area (Å²) >= 11 is 7.70. The van der Waals surface area contributed by atoms with Crippen LogP contribution in [0.3, 0.4) is 0 Å². The molecule has 0 saturated carbocycles. The Bertz CT molecular complexity index is 427. The SMILES string of the molecule is COCC(=O)c1sc(Br)c(Br)c1OC(C)=O. The van der Waals surface area contributed by atoms with Gasteiger partial charge in [-0.1, -0.05) is 0 Å². The number of methoxy groups -OCH3 is 1. The van der Waals surface area contributed by atoms with Crippen molar-refractivity contribution < 1.29 is 19.1 Å². The maximum Gasteiger partial charge on any atom is 0.308 e. The molecular formula is C9H8Br2O4S. The second-order valence-corrected chi connectivity index (χ2v) is 5.93. The Labute approximate surface area is 113 Å². The van der Waals surface area contributed by atoms with E-state index < -0.39 is 5.97 Å². The molecule has 16 heavy (non-hydrogen) atoms. The van der Waals surface area contributed by atoms with Crippen molar-refractivity contribution >= 4 is 54.9 Å². The number of hydrogen-bond donors (Lipinski definition) is 0. The molecule has 0 aromatic carbocycles. The van der Waals surface area contributed by atoms with Gasteiger partial charge in [-0.25, -0.2) is 0 Å². The van der Waals surface area contributed by atoms with Crippen molar-refractivity contribution in [3.63, 3.8) is 0 Å². The van der Waals surface area contributed by atoms with Crippen molar-refractivity contribution in [2.45, 2.75) is 6.92 Å². The highest BCUT2D eigenvalue weighted by Gasteiger charge is 2.23. The summed E-state index contributed by atoms with van der Waals surface area (Å²) in [7, 11) is 1.43. The molecule has 0 fully saturated rings. The maximum atomic E-state index is 11.7. The largest absolute Gasteiger partial charge is 0.424 e.